The number of hydrogen-bond donors (Lipinski definition) is 4. The van der Waals surface area contributed by atoms with Crippen LogP contribution in [-0.4, -0.2) is 46.1 Å². The number of methoxy groups -OCH3 is 2. The van der Waals surface area contributed by atoms with Gasteiger partial charge in [-0.25, -0.2) is 19.6 Å². The van der Waals surface area contributed by atoms with Crippen molar-refractivity contribution >= 4 is 67.0 Å². The second kappa shape index (κ2) is 8.28. The number of rotatable bonds is 5. The van der Waals surface area contributed by atoms with Gasteiger partial charge >= 0.3 is 11.9 Å². The molecule has 0 aliphatic carbocycles. The molecule has 32 heavy (non-hydrogen) atoms. The first-order chi connectivity index (χ1) is 15.2. The Bertz CT molecular complexity index is 1290. The van der Waals surface area contributed by atoms with Crippen molar-refractivity contribution in [2.75, 3.05) is 25.7 Å². The van der Waals surface area contributed by atoms with Crippen LogP contribution in [0.5, 0.6) is 0 Å². The smallest absolute Gasteiger partial charge is 0.374 e. The quantitative estimate of drug-likeness (QED) is 0.192. The highest BCUT2D eigenvalue weighted by Gasteiger charge is 2.20. The lowest BCUT2D eigenvalue weighted by Crippen LogP contribution is -2.03. The van der Waals surface area contributed by atoms with E-state index in [9.17, 15) is 9.59 Å². The minimum Gasteiger partial charge on any atom is -0.463 e. The topological polar surface area (TPSA) is 162 Å². The summed E-state index contributed by atoms with van der Waals surface area (Å²) in [5.41, 5.74) is 17.8. The van der Waals surface area contributed by atoms with Gasteiger partial charge in [0.15, 0.2) is 0 Å². The lowest BCUT2D eigenvalue weighted by molar-refractivity contribution is 0.0580. The van der Waals surface area contributed by atoms with E-state index in [1.165, 1.54) is 35.8 Å². The van der Waals surface area contributed by atoms with Crippen LogP contribution < -0.4 is 11.5 Å². The minimum absolute atomic E-state index is 0.0916. The van der Waals surface area contributed by atoms with Gasteiger partial charge in [0.1, 0.15) is 11.0 Å². The van der Waals surface area contributed by atoms with Gasteiger partial charge in [0.25, 0.3) is 0 Å². The van der Waals surface area contributed by atoms with Crippen molar-refractivity contribution < 1.29 is 19.1 Å². The first-order valence-electron chi connectivity index (χ1n) is 9.33. The van der Waals surface area contributed by atoms with Crippen molar-refractivity contribution in [3.05, 3.63) is 34.9 Å². The van der Waals surface area contributed by atoms with Crippen LogP contribution in [0.4, 0.5) is 11.4 Å². The summed E-state index contributed by atoms with van der Waals surface area (Å²) in [4.78, 5) is 39.6. The van der Waals surface area contributed by atoms with Crippen LogP contribution in [0.25, 0.3) is 22.1 Å². The third-order valence-electron chi connectivity index (χ3n) is 4.87. The number of ether oxygens (including phenoxy) is 2. The lowest BCUT2D eigenvalue weighted by atomic mass is 10.2. The second-order valence-corrected chi connectivity index (χ2v) is 9.14. The zero-order chi connectivity index (χ0) is 23.2. The molecule has 0 aliphatic rings. The van der Waals surface area contributed by atoms with Gasteiger partial charge in [-0.15, -0.1) is 0 Å². The molecule has 4 aromatic rings. The average Bonchev–Trinajstić information content (AvgIpc) is 3.39. The zero-order valence-corrected chi connectivity index (χ0v) is 19.3. The van der Waals surface area contributed by atoms with Crippen molar-refractivity contribution in [2.45, 2.75) is 23.6 Å². The number of nitrogens with zero attached hydrogens (tertiary/aromatic N) is 2. The summed E-state index contributed by atoms with van der Waals surface area (Å²) in [6, 6.07) is 3.76. The number of nitrogens with two attached hydrogens (primary N) is 2. The molecule has 0 radical (unpaired) electrons. The molecule has 0 fully saturated rings. The maximum absolute atomic E-state index is 11.8. The number of nitrogen functional groups attached to an aromatic ring is 2. The molecule has 0 unspecified atom stereocenters. The summed E-state index contributed by atoms with van der Waals surface area (Å²) in [6.45, 7) is 3.85. The number of hydrogen-bond acceptors (Lipinski definition) is 10. The molecule has 0 saturated carbocycles. The molecule has 0 spiro atoms. The summed E-state index contributed by atoms with van der Waals surface area (Å²) in [5, 5.41) is 0. The van der Waals surface area contributed by atoms with Crippen molar-refractivity contribution in [3.63, 3.8) is 0 Å². The maximum Gasteiger partial charge on any atom is 0.374 e. The largest absolute Gasteiger partial charge is 0.463 e. The molecule has 2 aromatic heterocycles. The normalized spacial score (nSPS) is 11.2. The minimum atomic E-state index is -0.566. The Morgan fingerprint density at radius 2 is 1.19 bits per heavy atom. The fourth-order valence-electron chi connectivity index (χ4n) is 3.29. The molecular formula is C20H20N6O4S2. The van der Waals surface area contributed by atoms with Crippen molar-refractivity contribution in [1.29, 1.82) is 0 Å². The number of aromatic nitrogens is 4. The molecule has 4 rings (SSSR count). The Kier molecular flexibility index (Phi) is 5.65. The van der Waals surface area contributed by atoms with E-state index in [0.717, 1.165) is 20.9 Å². The van der Waals surface area contributed by atoms with E-state index >= 15 is 0 Å². The monoisotopic (exact) mass is 472 g/mol. The maximum atomic E-state index is 11.8. The van der Waals surface area contributed by atoms with Gasteiger partial charge in [-0.2, -0.15) is 0 Å². The SMILES string of the molecule is COC(=O)c1nc2c(N)c(SSc3c(C)cc4[nH]c(C(=O)OC)nc4c3N)c(C)cc2[nH]1. The van der Waals surface area contributed by atoms with Gasteiger partial charge in [-0.3, -0.25) is 0 Å². The summed E-state index contributed by atoms with van der Waals surface area (Å²) in [5.74, 6) is -0.949. The number of H-pyrrole nitrogens is 2. The Hall–Kier alpha value is -3.38. The van der Waals surface area contributed by atoms with Crippen molar-refractivity contribution in [2.24, 2.45) is 0 Å². The Labute approximate surface area is 190 Å². The number of esters is 2. The summed E-state index contributed by atoms with van der Waals surface area (Å²) < 4.78 is 9.44. The second-order valence-electron chi connectivity index (χ2n) is 6.99. The van der Waals surface area contributed by atoms with Crippen LogP contribution in [-0.2, 0) is 9.47 Å². The van der Waals surface area contributed by atoms with Crippen molar-refractivity contribution in [1.82, 2.24) is 19.9 Å². The van der Waals surface area contributed by atoms with Gasteiger partial charge in [0.05, 0.1) is 36.6 Å². The molecule has 2 aromatic carbocycles. The molecule has 0 bridgehead atoms. The standard InChI is InChI=1S/C20H20N6O4S2/c1-7-5-9-13(25-17(23-9)19(27)29-3)11(21)15(7)31-32-16-8(2)6-10-14(12(16)22)26-18(24-10)20(28)30-4/h5-6H,21-22H2,1-4H3,(H,23,25)(H,24,26). The molecule has 166 valence electrons. The zero-order valence-electron chi connectivity index (χ0n) is 17.7. The van der Waals surface area contributed by atoms with Gasteiger partial charge in [0.2, 0.25) is 11.6 Å². The van der Waals surface area contributed by atoms with Crippen molar-refractivity contribution in [3.8, 4) is 0 Å². The predicted molar refractivity (Wildman–Crippen MR) is 125 cm³/mol. The van der Waals surface area contributed by atoms with Crippen LogP contribution in [0.15, 0.2) is 21.9 Å². The molecule has 0 amide bonds. The molecule has 2 heterocycles. The van der Waals surface area contributed by atoms with Crippen LogP contribution in [0.1, 0.15) is 32.4 Å². The molecule has 0 aliphatic heterocycles. The number of carbonyl (C=O) groups excluding carboxylic acids is 2. The average molecular weight is 473 g/mol. The molecule has 6 N–H and O–H groups in total. The molecule has 0 saturated heterocycles. The number of imidazole rings is 2. The first-order valence-corrected chi connectivity index (χ1v) is 11.5. The van der Waals surface area contributed by atoms with Gasteiger partial charge in [0, 0.05) is 9.79 Å². The number of nitrogens with one attached hydrogen (secondary N) is 2. The van der Waals surface area contributed by atoms with E-state index < -0.39 is 11.9 Å². The van der Waals surface area contributed by atoms with E-state index in [1.807, 2.05) is 26.0 Å². The number of fused-ring (bicyclic) bond motifs is 2. The van der Waals surface area contributed by atoms with Gasteiger partial charge in [-0.1, -0.05) is 0 Å². The summed E-state index contributed by atoms with van der Waals surface area (Å²) >= 11 is 0. The molecular weight excluding hydrogens is 452 g/mol. The van der Waals surface area contributed by atoms with E-state index in [-0.39, 0.29) is 11.6 Å². The number of aryl methyl sites for hydroxylation is 2. The third kappa shape index (κ3) is 3.60. The van der Waals surface area contributed by atoms with Crippen LogP contribution in [0, 0.1) is 13.8 Å². The highest BCUT2D eigenvalue weighted by Crippen LogP contribution is 2.47. The summed E-state index contributed by atoms with van der Waals surface area (Å²) in [6.07, 6.45) is 0. The van der Waals surface area contributed by atoms with Crippen LogP contribution in [0.2, 0.25) is 0 Å². The molecule has 10 nitrogen and oxygen atoms in total. The molecule has 12 heteroatoms. The lowest BCUT2D eigenvalue weighted by Gasteiger charge is -2.12. The number of benzene rings is 2. The number of anilines is 2. The van der Waals surface area contributed by atoms with Crippen LogP contribution >= 0.6 is 21.6 Å². The highest BCUT2D eigenvalue weighted by molar-refractivity contribution is 8.76. The third-order valence-corrected chi connectivity index (χ3v) is 7.62. The number of aromatic amines is 2. The van der Waals surface area contributed by atoms with Gasteiger partial charge < -0.3 is 30.9 Å². The van der Waals surface area contributed by atoms with Crippen LogP contribution in [0.3, 0.4) is 0 Å². The summed E-state index contributed by atoms with van der Waals surface area (Å²) in [7, 11) is 5.44. The Morgan fingerprint density at radius 3 is 1.53 bits per heavy atom. The fraction of sp³-hybridized carbons (Fsp3) is 0.200. The fourth-order valence-corrected chi connectivity index (χ4v) is 6.04. The molecule has 0 atom stereocenters. The highest BCUT2D eigenvalue weighted by atomic mass is 33.1. The van der Waals surface area contributed by atoms with E-state index in [4.69, 9.17) is 20.9 Å². The number of carbonyl (C=O) groups is 2. The predicted octanol–water partition coefficient (Wildman–Crippen LogP) is 3.59. The van der Waals surface area contributed by atoms with E-state index in [2.05, 4.69) is 19.9 Å². The van der Waals surface area contributed by atoms with Gasteiger partial charge in [-0.05, 0) is 58.7 Å². The van der Waals surface area contributed by atoms with E-state index in [1.54, 1.807) is 0 Å². The Balaban J connectivity index is 1.70. The first kappa shape index (κ1) is 21.8. The van der Waals surface area contributed by atoms with E-state index in [0.29, 0.717) is 33.4 Å². The Morgan fingerprint density at radius 1 is 0.812 bits per heavy atom.